The van der Waals surface area contributed by atoms with Crippen LogP contribution in [0.5, 0.6) is 0 Å². The van der Waals surface area contributed by atoms with Crippen LogP contribution in [-0.2, 0) is 5.41 Å². The third-order valence-electron chi connectivity index (χ3n) is 4.55. The van der Waals surface area contributed by atoms with Gasteiger partial charge in [0.2, 0.25) is 0 Å². The van der Waals surface area contributed by atoms with Crippen molar-refractivity contribution in [1.29, 1.82) is 0 Å². The van der Waals surface area contributed by atoms with E-state index in [1.807, 2.05) is 12.1 Å². The van der Waals surface area contributed by atoms with Gasteiger partial charge in [-0.25, -0.2) is 4.39 Å². The molecule has 1 saturated carbocycles. The van der Waals surface area contributed by atoms with E-state index >= 15 is 0 Å². The van der Waals surface area contributed by atoms with E-state index in [0.717, 1.165) is 18.5 Å². The Morgan fingerprint density at radius 1 is 1.32 bits per heavy atom. The quantitative estimate of drug-likeness (QED) is 0.858. The first-order chi connectivity index (χ1) is 8.85. The van der Waals surface area contributed by atoms with Crippen molar-refractivity contribution in [3.63, 3.8) is 0 Å². The van der Waals surface area contributed by atoms with E-state index in [4.69, 9.17) is 0 Å². The molecule has 0 heterocycles. The van der Waals surface area contributed by atoms with Crippen LogP contribution in [0.1, 0.15) is 52.5 Å². The number of benzene rings is 1. The Kier molecular flexibility index (Phi) is 4.00. The zero-order chi connectivity index (χ0) is 14.1. The molecule has 0 saturated heterocycles. The lowest BCUT2D eigenvalue weighted by atomic mass is 9.72. The first-order valence-corrected chi connectivity index (χ1v) is 7.35. The predicted molar refractivity (Wildman–Crippen MR) is 78.8 cm³/mol. The fourth-order valence-electron chi connectivity index (χ4n) is 3.29. The van der Waals surface area contributed by atoms with Gasteiger partial charge in [-0.1, -0.05) is 31.5 Å². The van der Waals surface area contributed by atoms with E-state index < -0.39 is 0 Å². The van der Waals surface area contributed by atoms with E-state index in [-0.39, 0.29) is 16.8 Å². The van der Waals surface area contributed by atoms with Gasteiger partial charge in [0.1, 0.15) is 5.82 Å². The van der Waals surface area contributed by atoms with Crippen LogP contribution >= 0.6 is 0 Å². The molecule has 2 atom stereocenters. The molecule has 1 aliphatic carbocycles. The second kappa shape index (κ2) is 5.24. The summed E-state index contributed by atoms with van der Waals surface area (Å²) in [5, 5.41) is 3.59. The second-order valence-electron chi connectivity index (χ2n) is 7.03. The van der Waals surface area contributed by atoms with Crippen LogP contribution < -0.4 is 5.32 Å². The van der Waals surface area contributed by atoms with Crippen molar-refractivity contribution in [3.8, 4) is 0 Å². The van der Waals surface area contributed by atoms with Crippen LogP contribution in [0.3, 0.4) is 0 Å². The third kappa shape index (κ3) is 3.00. The van der Waals surface area contributed by atoms with Gasteiger partial charge in [0.15, 0.2) is 0 Å². The second-order valence-corrected chi connectivity index (χ2v) is 7.03. The minimum absolute atomic E-state index is 0.0430. The maximum Gasteiger partial charge on any atom is 0.127 e. The third-order valence-corrected chi connectivity index (χ3v) is 4.55. The maximum atomic E-state index is 14.3. The fraction of sp³-hybridized carbons (Fsp3) is 0.647. The summed E-state index contributed by atoms with van der Waals surface area (Å²) in [6.07, 6.45) is 3.47. The number of rotatable bonds is 3. The molecule has 1 aromatic carbocycles. The maximum absolute atomic E-state index is 14.3. The largest absolute Gasteiger partial charge is 0.311 e. The molecular weight excluding hydrogens is 237 g/mol. The monoisotopic (exact) mass is 263 g/mol. The summed E-state index contributed by atoms with van der Waals surface area (Å²) in [6.45, 7) is 9.63. The average molecular weight is 263 g/mol. The predicted octanol–water partition coefficient (Wildman–Crippen LogP) is 4.27. The molecule has 1 aliphatic rings. The van der Waals surface area contributed by atoms with Gasteiger partial charge in [0.25, 0.3) is 0 Å². The zero-order valence-corrected chi connectivity index (χ0v) is 12.6. The molecule has 2 heteroatoms. The number of halogens is 1. The van der Waals surface area contributed by atoms with Crippen molar-refractivity contribution in [2.24, 2.45) is 5.92 Å². The average Bonchev–Trinajstić information content (AvgIpc) is 2.69. The summed E-state index contributed by atoms with van der Waals surface area (Å²) in [4.78, 5) is 0. The normalized spacial score (nSPS) is 27.7. The van der Waals surface area contributed by atoms with Crippen molar-refractivity contribution >= 4 is 0 Å². The Labute approximate surface area is 116 Å². The van der Waals surface area contributed by atoms with E-state index in [1.54, 1.807) is 12.1 Å². The highest BCUT2D eigenvalue weighted by molar-refractivity contribution is 5.30. The Hall–Kier alpha value is -0.890. The fourth-order valence-corrected chi connectivity index (χ4v) is 3.29. The van der Waals surface area contributed by atoms with Gasteiger partial charge in [-0.2, -0.15) is 0 Å². The molecule has 0 bridgehead atoms. The van der Waals surface area contributed by atoms with Crippen LogP contribution in [-0.4, -0.2) is 12.1 Å². The van der Waals surface area contributed by atoms with Crippen molar-refractivity contribution < 1.29 is 4.39 Å². The van der Waals surface area contributed by atoms with E-state index in [9.17, 15) is 4.39 Å². The standard InChI is InChI=1S/C17H26FN/c1-13-8-7-11-17(13,12-19-16(2,3)4)14-9-5-6-10-15(14)18/h5-6,9-10,13,19H,7-8,11-12H2,1-4H3. The van der Waals surface area contributed by atoms with Gasteiger partial charge < -0.3 is 5.32 Å². The summed E-state index contributed by atoms with van der Waals surface area (Å²) < 4.78 is 14.3. The highest BCUT2D eigenvalue weighted by Gasteiger charge is 2.43. The molecule has 0 amide bonds. The van der Waals surface area contributed by atoms with Gasteiger partial charge in [-0.05, 0) is 51.2 Å². The van der Waals surface area contributed by atoms with Crippen molar-refractivity contribution in [3.05, 3.63) is 35.6 Å². The first kappa shape index (κ1) is 14.5. The van der Waals surface area contributed by atoms with Crippen molar-refractivity contribution in [2.45, 2.75) is 57.9 Å². The Balaban J connectivity index is 2.33. The molecule has 0 aliphatic heterocycles. The molecule has 0 radical (unpaired) electrons. The Morgan fingerprint density at radius 3 is 2.53 bits per heavy atom. The van der Waals surface area contributed by atoms with Crippen LogP contribution in [0.25, 0.3) is 0 Å². The van der Waals surface area contributed by atoms with Crippen LogP contribution in [0.2, 0.25) is 0 Å². The lowest BCUT2D eigenvalue weighted by Gasteiger charge is -2.38. The molecule has 19 heavy (non-hydrogen) atoms. The van der Waals surface area contributed by atoms with Crippen LogP contribution in [0.4, 0.5) is 4.39 Å². The van der Waals surface area contributed by atoms with Gasteiger partial charge in [-0.15, -0.1) is 0 Å². The molecule has 0 spiro atoms. The molecule has 2 rings (SSSR count). The SMILES string of the molecule is CC1CCCC1(CNC(C)(C)C)c1ccccc1F. The van der Waals surface area contributed by atoms with E-state index in [0.29, 0.717) is 5.92 Å². The summed E-state index contributed by atoms with van der Waals surface area (Å²) in [7, 11) is 0. The number of nitrogens with one attached hydrogen (secondary N) is 1. The van der Waals surface area contributed by atoms with Gasteiger partial charge in [0.05, 0.1) is 0 Å². The lowest BCUT2D eigenvalue weighted by molar-refractivity contribution is 0.272. The summed E-state index contributed by atoms with van der Waals surface area (Å²) in [5.41, 5.74) is 0.927. The molecule has 0 aromatic heterocycles. The van der Waals surface area contributed by atoms with E-state index in [1.165, 1.54) is 12.8 Å². The number of hydrogen-bond acceptors (Lipinski definition) is 1. The van der Waals surface area contributed by atoms with E-state index in [2.05, 4.69) is 33.0 Å². The highest BCUT2D eigenvalue weighted by Crippen LogP contribution is 2.46. The summed E-state index contributed by atoms with van der Waals surface area (Å²) in [6, 6.07) is 7.31. The minimum Gasteiger partial charge on any atom is -0.311 e. The van der Waals surface area contributed by atoms with Gasteiger partial charge in [0, 0.05) is 17.5 Å². The number of hydrogen-bond donors (Lipinski definition) is 1. The zero-order valence-electron chi connectivity index (χ0n) is 12.6. The molecular formula is C17H26FN. The summed E-state index contributed by atoms with van der Waals surface area (Å²) >= 11 is 0. The Bertz CT molecular complexity index is 435. The molecule has 1 aromatic rings. The van der Waals surface area contributed by atoms with Gasteiger partial charge >= 0.3 is 0 Å². The molecule has 1 fully saturated rings. The summed E-state index contributed by atoms with van der Waals surface area (Å²) in [5.74, 6) is 0.478. The minimum atomic E-state index is -0.0491. The molecule has 1 N–H and O–H groups in total. The Morgan fingerprint density at radius 2 is 2.00 bits per heavy atom. The molecule has 1 nitrogen and oxygen atoms in total. The van der Waals surface area contributed by atoms with Crippen LogP contribution in [0.15, 0.2) is 24.3 Å². The first-order valence-electron chi connectivity index (χ1n) is 7.35. The van der Waals surface area contributed by atoms with Crippen molar-refractivity contribution in [1.82, 2.24) is 5.32 Å². The van der Waals surface area contributed by atoms with Gasteiger partial charge in [-0.3, -0.25) is 0 Å². The highest BCUT2D eigenvalue weighted by atomic mass is 19.1. The molecule has 106 valence electrons. The van der Waals surface area contributed by atoms with Crippen LogP contribution in [0, 0.1) is 11.7 Å². The lowest BCUT2D eigenvalue weighted by Crippen LogP contribution is -2.47. The molecule has 2 unspecified atom stereocenters. The van der Waals surface area contributed by atoms with Crippen molar-refractivity contribution in [2.75, 3.05) is 6.54 Å². The smallest absolute Gasteiger partial charge is 0.127 e. The topological polar surface area (TPSA) is 12.0 Å².